The zero-order valence-electron chi connectivity index (χ0n) is 9.43. The SMILES string of the molecule is COc1ccc(Cc2ccc(C(=O)O)[nH]2)cc1. The van der Waals surface area contributed by atoms with Gasteiger partial charge >= 0.3 is 5.97 Å². The van der Waals surface area contributed by atoms with Crippen LogP contribution >= 0.6 is 0 Å². The smallest absolute Gasteiger partial charge is 0.352 e. The van der Waals surface area contributed by atoms with Crippen LogP contribution in [0, 0.1) is 0 Å². The van der Waals surface area contributed by atoms with Gasteiger partial charge in [-0.15, -0.1) is 0 Å². The fourth-order valence-electron chi connectivity index (χ4n) is 1.63. The standard InChI is InChI=1S/C13H13NO3/c1-17-11-5-2-9(3-6-11)8-10-4-7-12(14-10)13(15)16/h2-7,14H,8H2,1H3,(H,15,16). The largest absolute Gasteiger partial charge is 0.497 e. The predicted octanol–water partition coefficient (Wildman–Crippen LogP) is 2.31. The second kappa shape index (κ2) is 4.74. The van der Waals surface area contributed by atoms with E-state index in [1.54, 1.807) is 19.2 Å². The molecule has 0 unspecified atom stereocenters. The zero-order chi connectivity index (χ0) is 12.3. The van der Waals surface area contributed by atoms with E-state index >= 15 is 0 Å². The van der Waals surface area contributed by atoms with E-state index in [1.165, 1.54) is 0 Å². The Morgan fingerprint density at radius 1 is 1.24 bits per heavy atom. The van der Waals surface area contributed by atoms with E-state index in [4.69, 9.17) is 9.84 Å². The van der Waals surface area contributed by atoms with Crippen LogP contribution in [0.25, 0.3) is 0 Å². The molecular formula is C13H13NO3. The summed E-state index contributed by atoms with van der Waals surface area (Å²) in [4.78, 5) is 13.6. The fraction of sp³-hybridized carbons (Fsp3) is 0.154. The van der Waals surface area contributed by atoms with Crippen LogP contribution in [0.5, 0.6) is 5.75 Å². The number of methoxy groups -OCH3 is 1. The van der Waals surface area contributed by atoms with Crippen molar-refractivity contribution in [2.75, 3.05) is 7.11 Å². The lowest BCUT2D eigenvalue weighted by Crippen LogP contribution is -1.97. The monoisotopic (exact) mass is 231 g/mol. The van der Waals surface area contributed by atoms with Gasteiger partial charge in [0.2, 0.25) is 0 Å². The number of ether oxygens (including phenoxy) is 1. The summed E-state index contributed by atoms with van der Waals surface area (Å²) in [5.41, 5.74) is 2.20. The number of aromatic nitrogens is 1. The van der Waals surface area contributed by atoms with Gasteiger partial charge in [0, 0.05) is 12.1 Å². The lowest BCUT2D eigenvalue weighted by Gasteiger charge is -2.02. The highest BCUT2D eigenvalue weighted by molar-refractivity contribution is 5.85. The van der Waals surface area contributed by atoms with Gasteiger partial charge in [-0.3, -0.25) is 0 Å². The summed E-state index contributed by atoms with van der Waals surface area (Å²) >= 11 is 0. The third-order valence-electron chi connectivity index (χ3n) is 2.53. The third kappa shape index (κ3) is 2.66. The van der Waals surface area contributed by atoms with Crippen LogP contribution in [-0.2, 0) is 6.42 Å². The summed E-state index contributed by atoms with van der Waals surface area (Å²) in [5.74, 6) is -0.127. The molecule has 0 saturated heterocycles. The van der Waals surface area contributed by atoms with Crippen molar-refractivity contribution in [3.8, 4) is 5.75 Å². The first-order valence-corrected chi connectivity index (χ1v) is 5.23. The average molecular weight is 231 g/mol. The van der Waals surface area contributed by atoms with Gasteiger partial charge in [-0.2, -0.15) is 0 Å². The minimum Gasteiger partial charge on any atom is -0.497 e. The minimum absolute atomic E-state index is 0.216. The molecule has 4 nitrogen and oxygen atoms in total. The first-order chi connectivity index (χ1) is 8.19. The van der Waals surface area contributed by atoms with Gasteiger partial charge in [-0.1, -0.05) is 12.1 Å². The Bertz CT molecular complexity index is 514. The Morgan fingerprint density at radius 2 is 1.94 bits per heavy atom. The molecule has 4 heteroatoms. The second-order valence-electron chi connectivity index (χ2n) is 3.73. The summed E-state index contributed by atoms with van der Waals surface area (Å²) in [7, 11) is 1.62. The molecular weight excluding hydrogens is 218 g/mol. The number of hydrogen-bond donors (Lipinski definition) is 2. The number of rotatable bonds is 4. The maximum atomic E-state index is 10.7. The molecule has 1 heterocycles. The number of carbonyl (C=O) groups is 1. The van der Waals surface area contributed by atoms with Crippen molar-refractivity contribution >= 4 is 5.97 Å². The number of carboxylic acids is 1. The van der Waals surface area contributed by atoms with Crippen molar-refractivity contribution < 1.29 is 14.6 Å². The molecule has 17 heavy (non-hydrogen) atoms. The molecule has 2 rings (SSSR count). The van der Waals surface area contributed by atoms with E-state index in [2.05, 4.69) is 4.98 Å². The molecule has 1 aromatic carbocycles. The fourth-order valence-corrected chi connectivity index (χ4v) is 1.63. The molecule has 0 aliphatic rings. The van der Waals surface area contributed by atoms with E-state index < -0.39 is 5.97 Å². The molecule has 88 valence electrons. The average Bonchev–Trinajstić information content (AvgIpc) is 2.79. The molecule has 2 aromatic rings. The maximum absolute atomic E-state index is 10.7. The van der Waals surface area contributed by atoms with Gasteiger partial charge in [0.05, 0.1) is 7.11 Å². The van der Waals surface area contributed by atoms with Gasteiger partial charge in [-0.05, 0) is 29.8 Å². The van der Waals surface area contributed by atoms with Gasteiger partial charge in [0.15, 0.2) is 0 Å². The first-order valence-electron chi connectivity index (χ1n) is 5.23. The number of aromatic amines is 1. The lowest BCUT2D eigenvalue weighted by molar-refractivity contribution is 0.0691. The number of benzene rings is 1. The molecule has 0 aliphatic heterocycles. The van der Waals surface area contributed by atoms with Gasteiger partial charge < -0.3 is 14.8 Å². The molecule has 0 spiro atoms. The van der Waals surface area contributed by atoms with Crippen LogP contribution in [0.1, 0.15) is 21.7 Å². The normalized spacial score (nSPS) is 10.2. The van der Waals surface area contributed by atoms with Crippen molar-refractivity contribution in [2.24, 2.45) is 0 Å². The Balaban J connectivity index is 2.11. The van der Waals surface area contributed by atoms with Crippen molar-refractivity contribution in [3.05, 3.63) is 53.3 Å². The van der Waals surface area contributed by atoms with Gasteiger partial charge in [0.1, 0.15) is 11.4 Å². The summed E-state index contributed by atoms with van der Waals surface area (Å²) in [6.45, 7) is 0. The Labute approximate surface area is 98.9 Å². The Kier molecular flexibility index (Phi) is 3.14. The first kappa shape index (κ1) is 11.3. The molecule has 0 saturated carbocycles. The van der Waals surface area contributed by atoms with E-state index in [1.807, 2.05) is 24.3 Å². The molecule has 0 amide bonds. The quantitative estimate of drug-likeness (QED) is 0.848. The van der Waals surface area contributed by atoms with E-state index in [0.29, 0.717) is 6.42 Å². The predicted molar refractivity (Wildman–Crippen MR) is 63.6 cm³/mol. The number of carboxylic acid groups (broad SMARTS) is 1. The highest BCUT2D eigenvalue weighted by Gasteiger charge is 2.06. The van der Waals surface area contributed by atoms with E-state index in [0.717, 1.165) is 17.0 Å². The summed E-state index contributed by atoms with van der Waals surface area (Å²) in [6.07, 6.45) is 0.678. The minimum atomic E-state index is -0.939. The van der Waals surface area contributed by atoms with Crippen LogP contribution in [0.15, 0.2) is 36.4 Å². The molecule has 0 bridgehead atoms. The molecule has 1 aromatic heterocycles. The van der Waals surface area contributed by atoms with Crippen LogP contribution in [0.2, 0.25) is 0 Å². The Morgan fingerprint density at radius 3 is 2.47 bits per heavy atom. The van der Waals surface area contributed by atoms with Crippen molar-refractivity contribution in [3.63, 3.8) is 0 Å². The van der Waals surface area contributed by atoms with Crippen LogP contribution in [0.3, 0.4) is 0 Å². The van der Waals surface area contributed by atoms with Crippen molar-refractivity contribution in [1.82, 2.24) is 4.98 Å². The molecule has 0 atom stereocenters. The summed E-state index contributed by atoms with van der Waals surface area (Å²) < 4.78 is 5.07. The number of hydrogen-bond acceptors (Lipinski definition) is 2. The third-order valence-corrected chi connectivity index (χ3v) is 2.53. The maximum Gasteiger partial charge on any atom is 0.352 e. The molecule has 0 aliphatic carbocycles. The highest BCUT2D eigenvalue weighted by Crippen LogP contribution is 2.14. The number of aromatic carboxylic acids is 1. The lowest BCUT2D eigenvalue weighted by atomic mass is 10.1. The van der Waals surface area contributed by atoms with E-state index in [9.17, 15) is 4.79 Å². The Hall–Kier alpha value is -2.23. The van der Waals surface area contributed by atoms with Gasteiger partial charge in [-0.25, -0.2) is 4.79 Å². The zero-order valence-corrected chi connectivity index (χ0v) is 9.43. The van der Waals surface area contributed by atoms with Crippen LogP contribution < -0.4 is 4.74 Å². The van der Waals surface area contributed by atoms with Crippen molar-refractivity contribution in [1.29, 1.82) is 0 Å². The molecule has 0 radical (unpaired) electrons. The summed E-state index contributed by atoms with van der Waals surface area (Å²) in [5, 5.41) is 8.78. The highest BCUT2D eigenvalue weighted by atomic mass is 16.5. The van der Waals surface area contributed by atoms with Crippen LogP contribution in [-0.4, -0.2) is 23.2 Å². The van der Waals surface area contributed by atoms with Crippen molar-refractivity contribution in [2.45, 2.75) is 6.42 Å². The molecule has 0 fully saturated rings. The van der Waals surface area contributed by atoms with Crippen LogP contribution in [0.4, 0.5) is 0 Å². The van der Waals surface area contributed by atoms with Gasteiger partial charge in [0.25, 0.3) is 0 Å². The second-order valence-corrected chi connectivity index (χ2v) is 3.73. The topological polar surface area (TPSA) is 62.3 Å². The van der Waals surface area contributed by atoms with E-state index in [-0.39, 0.29) is 5.69 Å². The number of nitrogens with one attached hydrogen (secondary N) is 1. The summed E-state index contributed by atoms with van der Waals surface area (Å²) in [6, 6.07) is 11.0. The number of H-pyrrole nitrogens is 1. The molecule has 2 N–H and O–H groups in total.